The summed E-state index contributed by atoms with van der Waals surface area (Å²) in [6.07, 6.45) is 3.58. The van der Waals surface area contributed by atoms with Gasteiger partial charge in [0.2, 0.25) is 0 Å². The molecule has 0 aliphatic carbocycles. The van der Waals surface area contributed by atoms with E-state index in [9.17, 15) is 4.79 Å². The Balaban J connectivity index is 2.58. The molecule has 0 aliphatic heterocycles. The van der Waals surface area contributed by atoms with Crippen LogP contribution in [0.3, 0.4) is 0 Å². The number of rotatable bonds is 4. The first-order chi connectivity index (χ1) is 7.15. The number of nitrogens with zero attached hydrogens (tertiary/aromatic N) is 1. The highest BCUT2D eigenvalue weighted by atomic mass is 32.2. The molecule has 5 heteroatoms. The van der Waals surface area contributed by atoms with Crippen LogP contribution < -0.4 is 11.1 Å². The SMILES string of the molecule is CSC(C)CNC(=O)c1cccnc1N. The van der Waals surface area contributed by atoms with Crippen molar-refractivity contribution in [2.24, 2.45) is 0 Å². The molecular weight excluding hydrogens is 210 g/mol. The molecule has 0 saturated heterocycles. The molecule has 1 aromatic heterocycles. The van der Waals surface area contributed by atoms with E-state index in [1.807, 2.05) is 6.26 Å². The lowest BCUT2D eigenvalue weighted by molar-refractivity contribution is 0.0955. The largest absolute Gasteiger partial charge is 0.383 e. The molecule has 0 fully saturated rings. The maximum absolute atomic E-state index is 11.6. The van der Waals surface area contributed by atoms with Crippen LogP contribution in [0, 0.1) is 0 Å². The Morgan fingerprint density at radius 2 is 2.47 bits per heavy atom. The molecule has 15 heavy (non-hydrogen) atoms. The fraction of sp³-hybridized carbons (Fsp3) is 0.400. The number of nitrogens with two attached hydrogens (primary N) is 1. The normalized spacial score (nSPS) is 12.1. The van der Waals surface area contributed by atoms with E-state index in [-0.39, 0.29) is 11.7 Å². The summed E-state index contributed by atoms with van der Waals surface area (Å²) in [4.78, 5) is 15.5. The molecule has 1 rings (SSSR count). The molecule has 0 aliphatic rings. The first-order valence-corrected chi connectivity index (χ1v) is 5.95. The van der Waals surface area contributed by atoms with Crippen molar-refractivity contribution in [3.8, 4) is 0 Å². The second-order valence-electron chi connectivity index (χ2n) is 3.19. The smallest absolute Gasteiger partial charge is 0.255 e. The van der Waals surface area contributed by atoms with Crippen molar-refractivity contribution in [2.45, 2.75) is 12.2 Å². The predicted octanol–water partition coefficient (Wildman–Crippen LogP) is 1.15. The van der Waals surface area contributed by atoms with E-state index in [0.29, 0.717) is 17.4 Å². The minimum Gasteiger partial charge on any atom is -0.383 e. The van der Waals surface area contributed by atoms with E-state index < -0.39 is 0 Å². The van der Waals surface area contributed by atoms with Gasteiger partial charge in [-0.2, -0.15) is 11.8 Å². The van der Waals surface area contributed by atoms with Gasteiger partial charge in [-0.25, -0.2) is 4.98 Å². The van der Waals surface area contributed by atoms with E-state index in [1.54, 1.807) is 30.1 Å². The second-order valence-corrected chi connectivity index (χ2v) is 4.47. The average Bonchev–Trinajstić information content (AvgIpc) is 2.26. The Morgan fingerprint density at radius 3 is 3.07 bits per heavy atom. The van der Waals surface area contributed by atoms with Gasteiger partial charge in [0, 0.05) is 18.0 Å². The summed E-state index contributed by atoms with van der Waals surface area (Å²) in [5.74, 6) is 0.105. The number of anilines is 1. The van der Waals surface area contributed by atoms with E-state index in [0.717, 1.165) is 0 Å². The number of nitrogens with one attached hydrogen (secondary N) is 1. The van der Waals surface area contributed by atoms with Gasteiger partial charge in [-0.05, 0) is 18.4 Å². The van der Waals surface area contributed by atoms with Gasteiger partial charge in [-0.3, -0.25) is 4.79 Å². The van der Waals surface area contributed by atoms with Crippen molar-refractivity contribution in [3.63, 3.8) is 0 Å². The van der Waals surface area contributed by atoms with Gasteiger partial charge in [0.05, 0.1) is 5.56 Å². The van der Waals surface area contributed by atoms with Crippen molar-refractivity contribution in [2.75, 3.05) is 18.5 Å². The van der Waals surface area contributed by atoms with Crippen LogP contribution in [0.2, 0.25) is 0 Å². The first kappa shape index (κ1) is 11.8. The monoisotopic (exact) mass is 225 g/mol. The van der Waals surface area contributed by atoms with Crippen molar-refractivity contribution in [1.29, 1.82) is 0 Å². The summed E-state index contributed by atoms with van der Waals surface area (Å²) in [7, 11) is 0. The molecule has 1 heterocycles. The number of thioether (sulfide) groups is 1. The van der Waals surface area contributed by atoms with Crippen molar-refractivity contribution >= 4 is 23.5 Å². The number of amides is 1. The predicted molar refractivity (Wildman–Crippen MR) is 64.0 cm³/mol. The van der Waals surface area contributed by atoms with Gasteiger partial charge in [-0.15, -0.1) is 0 Å². The summed E-state index contributed by atoms with van der Waals surface area (Å²) in [6, 6.07) is 3.37. The third-order valence-corrected chi connectivity index (χ3v) is 3.01. The maximum atomic E-state index is 11.6. The molecule has 3 N–H and O–H groups in total. The first-order valence-electron chi connectivity index (χ1n) is 4.66. The number of carbonyl (C=O) groups is 1. The van der Waals surface area contributed by atoms with Gasteiger partial charge in [-0.1, -0.05) is 6.92 Å². The molecule has 1 unspecified atom stereocenters. The van der Waals surface area contributed by atoms with E-state index in [1.165, 1.54) is 0 Å². The topological polar surface area (TPSA) is 68.0 Å². The fourth-order valence-corrected chi connectivity index (χ4v) is 1.27. The summed E-state index contributed by atoms with van der Waals surface area (Å²) in [5.41, 5.74) is 6.02. The molecule has 4 nitrogen and oxygen atoms in total. The minimum atomic E-state index is -0.165. The molecular formula is C10H15N3OS. The van der Waals surface area contributed by atoms with Gasteiger partial charge in [0.15, 0.2) is 0 Å². The number of aromatic nitrogens is 1. The molecule has 0 radical (unpaired) electrons. The second kappa shape index (κ2) is 5.60. The molecule has 0 aromatic carbocycles. The zero-order valence-corrected chi connectivity index (χ0v) is 9.67. The van der Waals surface area contributed by atoms with Crippen LogP contribution in [-0.2, 0) is 0 Å². The summed E-state index contributed by atoms with van der Waals surface area (Å²) in [5, 5.41) is 3.21. The van der Waals surface area contributed by atoms with Gasteiger partial charge in [0.1, 0.15) is 5.82 Å². The highest BCUT2D eigenvalue weighted by Gasteiger charge is 2.10. The number of hydrogen-bond acceptors (Lipinski definition) is 4. The van der Waals surface area contributed by atoms with Crippen molar-refractivity contribution in [3.05, 3.63) is 23.9 Å². The molecule has 0 bridgehead atoms. The van der Waals surface area contributed by atoms with Crippen LogP contribution in [0.25, 0.3) is 0 Å². The molecule has 0 saturated carbocycles. The van der Waals surface area contributed by atoms with Crippen molar-refractivity contribution in [1.82, 2.24) is 10.3 Å². The standard InChI is InChI=1S/C10H15N3OS/c1-7(15-2)6-13-10(14)8-4-3-5-12-9(8)11/h3-5,7H,6H2,1-2H3,(H2,11,12)(H,13,14). The highest BCUT2D eigenvalue weighted by Crippen LogP contribution is 2.07. The number of pyridine rings is 1. The molecule has 1 atom stereocenters. The lowest BCUT2D eigenvalue weighted by Crippen LogP contribution is -2.30. The summed E-state index contributed by atoms with van der Waals surface area (Å²) in [6.45, 7) is 2.69. The fourth-order valence-electron chi connectivity index (χ4n) is 1.02. The van der Waals surface area contributed by atoms with Crippen LogP contribution in [0.4, 0.5) is 5.82 Å². The number of nitrogen functional groups attached to an aromatic ring is 1. The maximum Gasteiger partial charge on any atom is 0.255 e. The molecule has 82 valence electrons. The van der Waals surface area contributed by atoms with Crippen LogP contribution in [0.1, 0.15) is 17.3 Å². The lowest BCUT2D eigenvalue weighted by atomic mass is 10.2. The third kappa shape index (κ3) is 3.43. The zero-order valence-electron chi connectivity index (χ0n) is 8.86. The lowest BCUT2D eigenvalue weighted by Gasteiger charge is -2.10. The van der Waals surface area contributed by atoms with Crippen LogP contribution in [0.5, 0.6) is 0 Å². The summed E-state index contributed by atoms with van der Waals surface area (Å²) >= 11 is 1.70. The Kier molecular flexibility index (Phi) is 4.42. The van der Waals surface area contributed by atoms with Crippen LogP contribution in [-0.4, -0.2) is 28.9 Å². The van der Waals surface area contributed by atoms with Gasteiger partial charge < -0.3 is 11.1 Å². The molecule has 1 amide bonds. The summed E-state index contributed by atoms with van der Waals surface area (Å²) < 4.78 is 0. The quantitative estimate of drug-likeness (QED) is 0.806. The molecule has 1 aromatic rings. The number of hydrogen-bond donors (Lipinski definition) is 2. The zero-order chi connectivity index (χ0) is 11.3. The Bertz CT molecular complexity index is 343. The van der Waals surface area contributed by atoms with Crippen molar-refractivity contribution < 1.29 is 4.79 Å². The van der Waals surface area contributed by atoms with Crippen LogP contribution >= 0.6 is 11.8 Å². The highest BCUT2D eigenvalue weighted by molar-refractivity contribution is 7.99. The Morgan fingerprint density at radius 1 is 1.73 bits per heavy atom. The van der Waals surface area contributed by atoms with E-state index in [4.69, 9.17) is 5.73 Å². The number of carbonyl (C=O) groups excluding carboxylic acids is 1. The minimum absolute atomic E-state index is 0.165. The van der Waals surface area contributed by atoms with Crippen LogP contribution in [0.15, 0.2) is 18.3 Å². The average molecular weight is 225 g/mol. The van der Waals surface area contributed by atoms with Gasteiger partial charge in [0.25, 0.3) is 5.91 Å². The Labute approximate surface area is 93.7 Å². The Hall–Kier alpha value is -1.23. The van der Waals surface area contributed by atoms with E-state index in [2.05, 4.69) is 17.2 Å². The van der Waals surface area contributed by atoms with Gasteiger partial charge >= 0.3 is 0 Å². The molecule has 0 spiro atoms. The third-order valence-electron chi connectivity index (χ3n) is 2.04. The van der Waals surface area contributed by atoms with E-state index >= 15 is 0 Å².